The first-order chi connectivity index (χ1) is 32.8. The zero-order chi connectivity index (χ0) is 50.4. The number of amides is 4. The molecule has 4 amide bonds. The standard InChI is InChI=1S/C51H67N5O13/c1-51(2,3)45(54-47(61)33(20-14-15-23-43(59)68-4)26-41(57)39-27-34(56(66)67)24-25-37(39)50(64)65)49(63)55-30-36(69-35-21-12-7-13-22-35)28-40(55)48(62)53-44(32-18-10-6-11-19-32)42(58)29-38(46(52)60)31-16-8-5-9-17-31/h7,12-13,15,21-25,27,31-33,36,38,40,44-45H,5-6,8-11,14,16-20,26,28-30H2,1-4H3,(H2,52,60)(H,53,62)(H,54,61)(H,64,65)/b23-15+/t33-,36+,38+,40+,44+,45-/m1/s1. The van der Waals surface area contributed by atoms with Gasteiger partial charge in [-0.25, -0.2) is 9.59 Å². The van der Waals surface area contributed by atoms with Crippen LogP contribution in [0.2, 0.25) is 0 Å². The highest BCUT2D eigenvalue weighted by Gasteiger charge is 2.47. The topological polar surface area (TPSA) is 272 Å². The summed E-state index contributed by atoms with van der Waals surface area (Å²) in [6, 6.07) is 8.16. The number of Topliss-reactive ketones (excluding diaryl/α,β-unsaturated/α-hetero) is 2. The Hall–Kier alpha value is -6.46. The van der Waals surface area contributed by atoms with Gasteiger partial charge in [-0.2, -0.15) is 0 Å². The fourth-order valence-corrected chi connectivity index (χ4v) is 9.97. The molecule has 18 nitrogen and oxygen atoms in total. The number of primary amides is 1. The number of carboxylic acids is 1. The molecule has 1 heterocycles. The molecule has 5 rings (SSSR count). The van der Waals surface area contributed by atoms with Crippen LogP contribution in [0.1, 0.15) is 138 Å². The zero-order valence-electron chi connectivity index (χ0n) is 40.0. The summed E-state index contributed by atoms with van der Waals surface area (Å²) in [5, 5.41) is 27.3. The first-order valence-corrected chi connectivity index (χ1v) is 24.0. The van der Waals surface area contributed by atoms with E-state index in [-0.39, 0.29) is 49.8 Å². The number of aromatic carboxylic acids is 1. The SMILES string of the molecule is COC(=O)/C=C/CC[C@H](CC(=O)c1cc([N+](=O)[O-])ccc1C(=O)O)C(=O)N[C@H](C(=O)N1C[C@@H](Oc2ccccc2)C[C@H]1C(=O)N[C@H](C(=O)C[C@H](C(N)=O)C1CCCCC1)C1CCCCC1)C(C)(C)C. The largest absolute Gasteiger partial charge is 0.488 e. The predicted molar refractivity (Wildman–Crippen MR) is 253 cm³/mol. The molecule has 1 saturated heterocycles. The molecule has 2 aliphatic carbocycles. The Bertz CT molecular complexity index is 2230. The number of nitro groups is 1. The van der Waals surface area contributed by atoms with Crippen molar-refractivity contribution >= 4 is 52.8 Å². The van der Waals surface area contributed by atoms with Crippen molar-refractivity contribution in [2.24, 2.45) is 34.8 Å². The van der Waals surface area contributed by atoms with E-state index in [9.17, 15) is 48.8 Å². The summed E-state index contributed by atoms with van der Waals surface area (Å²) in [5.41, 5.74) is 3.38. The Morgan fingerprint density at radius 2 is 1.52 bits per heavy atom. The number of benzene rings is 2. The number of carbonyl (C=O) groups excluding carboxylic acids is 7. The number of rotatable bonds is 22. The molecule has 374 valence electrons. The van der Waals surface area contributed by atoms with E-state index in [1.807, 2.05) is 6.07 Å². The minimum absolute atomic E-state index is 0.0256. The number of allylic oxidation sites excluding steroid dienone is 1. The van der Waals surface area contributed by atoms with Crippen molar-refractivity contribution in [3.63, 3.8) is 0 Å². The summed E-state index contributed by atoms with van der Waals surface area (Å²) < 4.78 is 11.0. The van der Waals surface area contributed by atoms with Crippen LogP contribution in [-0.2, 0) is 33.5 Å². The molecular formula is C51H67N5O13. The second kappa shape index (κ2) is 24.7. The highest BCUT2D eigenvalue weighted by atomic mass is 16.6. The number of non-ortho nitro benzene ring substituents is 1. The second-order valence-corrected chi connectivity index (χ2v) is 19.7. The minimum atomic E-state index is -1.52. The highest BCUT2D eigenvalue weighted by molar-refractivity contribution is 6.07. The average molecular weight is 958 g/mol. The van der Waals surface area contributed by atoms with Gasteiger partial charge in [0.2, 0.25) is 23.6 Å². The maximum Gasteiger partial charge on any atom is 0.336 e. The van der Waals surface area contributed by atoms with E-state index in [1.165, 1.54) is 18.1 Å². The summed E-state index contributed by atoms with van der Waals surface area (Å²) in [6.07, 6.45) is 9.76. The minimum Gasteiger partial charge on any atom is -0.488 e. The number of nitrogens with two attached hydrogens (primary N) is 1. The van der Waals surface area contributed by atoms with Crippen molar-refractivity contribution in [2.45, 2.75) is 141 Å². The molecule has 3 aliphatic rings. The van der Waals surface area contributed by atoms with Crippen LogP contribution in [0.15, 0.2) is 60.7 Å². The van der Waals surface area contributed by atoms with Crippen molar-refractivity contribution in [3.8, 4) is 5.75 Å². The van der Waals surface area contributed by atoms with E-state index in [0.717, 1.165) is 75.6 Å². The lowest BCUT2D eigenvalue weighted by atomic mass is 9.75. The van der Waals surface area contributed by atoms with Gasteiger partial charge in [0.25, 0.3) is 5.69 Å². The van der Waals surface area contributed by atoms with Crippen LogP contribution < -0.4 is 21.1 Å². The van der Waals surface area contributed by atoms with Crippen LogP contribution in [0.4, 0.5) is 5.69 Å². The van der Waals surface area contributed by atoms with E-state index >= 15 is 4.79 Å². The molecule has 6 atom stereocenters. The Kier molecular flexibility index (Phi) is 19.2. The van der Waals surface area contributed by atoms with Gasteiger partial charge in [0.05, 0.1) is 30.2 Å². The lowest BCUT2D eigenvalue weighted by Crippen LogP contribution is -2.59. The van der Waals surface area contributed by atoms with E-state index in [4.69, 9.17) is 10.5 Å². The monoisotopic (exact) mass is 957 g/mol. The van der Waals surface area contributed by atoms with Crippen molar-refractivity contribution in [3.05, 3.63) is 81.9 Å². The second-order valence-electron chi connectivity index (χ2n) is 19.7. The van der Waals surface area contributed by atoms with Gasteiger partial charge in [-0.05, 0) is 74.0 Å². The summed E-state index contributed by atoms with van der Waals surface area (Å²) >= 11 is 0. The quantitative estimate of drug-likeness (QED) is 0.0333. The molecule has 0 aromatic heterocycles. The van der Waals surface area contributed by atoms with Crippen LogP contribution in [0.25, 0.3) is 0 Å². The normalized spacial score (nSPS) is 19.7. The smallest absolute Gasteiger partial charge is 0.336 e. The van der Waals surface area contributed by atoms with Crippen molar-refractivity contribution < 1.29 is 57.9 Å². The van der Waals surface area contributed by atoms with Crippen LogP contribution in [0.5, 0.6) is 5.75 Å². The number of hydrogen-bond acceptors (Lipinski definition) is 12. The van der Waals surface area contributed by atoms with Gasteiger partial charge in [0.15, 0.2) is 11.6 Å². The molecule has 0 radical (unpaired) electrons. The van der Waals surface area contributed by atoms with Gasteiger partial charge >= 0.3 is 11.9 Å². The third kappa shape index (κ3) is 14.8. The van der Waals surface area contributed by atoms with Gasteiger partial charge in [-0.3, -0.25) is 38.9 Å². The van der Waals surface area contributed by atoms with Crippen LogP contribution in [0.3, 0.4) is 0 Å². The lowest BCUT2D eigenvalue weighted by molar-refractivity contribution is -0.384. The molecule has 2 aromatic rings. The zero-order valence-corrected chi connectivity index (χ0v) is 40.0. The molecular weight excluding hydrogens is 891 g/mol. The molecule has 18 heteroatoms. The molecule has 3 fully saturated rings. The third-order valence-electron chi connectivity index (χ3n) is 13.7. The fourth-order valence-electron chi connectivity index (χ4n) is 9.97. The van der Waals surface area contributed by atoms with Gasteiger partial charge < -0.3 is 35.8 Å². The summed E-state index contributed by atoms with van der Waals surface area (Å²) in [6.45, 7) is 5.05. The first-order valence-electron chi connectivity index (χ1n) is 24.0. The summed E-state index contributed by atoms with van der Waals surface area (Å²) in [4.78, 5) is 122. The maximum absolute atomic E-state index is 15.1. The molecule has 2 saturated carbocycles. The molecule has 2 aromatic carbocycles. The molecule has 0 bridgehead atoms. The van der Waals surface area contributed by atoms with E-state index in [2.05, 4.69) is 15.4 Å². The molecule has 0 spiro atoms. The number of likely N-dealkylation sites (tertiary alicyclic amines) is 1. The lowest BCUT2D eigenvalue weighted by Gasteiger charge is -2.37. The summed E-state index contributed by atoms with van der Waals surface area (Å²) in [5.74, 6) is -7.55. The Labute approximate surface area is 402 Å². The average Bonchev–Trinajstić information content (AvgIpc) is 3.75. The number of hydrogen-bond donors (Lipinski definition) is 4. The Balaban J connectivity index is 1.46. The number of nitrogens with zero attached hydrogens (tertiary/aromatic N) is 2. The highest BCUT2D eigenvalue weighted by Crippen LogP contribution is 2.35. The van der Waals surface area contributed by atoms with Gasteiger partial charge in [0, 0.05) is 54.9 Å². The van der Waals surface area contributed by atoms with Gasteiger partial charge in [-0.15, -0.1) is 0 Å². The van der Waals surface area contributed by atoms with E-state index in [0.29, 0.717) is 18.6 Å². The molecule has 5 N–H and O–H groups in total. The molecule has 1 aliphatic heterocycles. The number of esters is 1. The van der Waals surface area contributed by atoms with Crippen molar-refractivity contribution in [1.29, 1.82) is 0 Å². The van der Waals surface area contributed by atoms with Crippen LogP contribution in [-0.4, -0.2) is 99.9 Å². The fraction of sp³-hybridized carbons (Fsp3) is 0.569. The van der Waals surface area contributed by atoms with Gasteiger partial charge in [0.1, 0.15) is 23.9 Å². The maximum atomic E-state index is 15.1. The number of para-hydroxylation sites is 1. The van der Waals surface area contributed by atoms with Crippen molar-refractivity contribution in [2.75, 3.05) is 13.7 Å². The molecule has 69 heavy (non-hydrogen) atoms. The summed E-state index contributed by atoms with van der Waals surface area (Å²) in [7, 11) is 1.18. The predicted octanol–water partition coefficient (Wildman–Crippen LogP) is 6.28. The number of carbonyl (C=O) groups is 8. The first kappa shape index (κ1) is 53.5. The molecule has 0 unspecified atom stereocenters. The number of ketones is 2. The number of nitrogens with one attached hydrogen (secondary N) is 2. The van der Waals surface area contributed by atoms with Crippen LogP contribution >= 0.6 is 0 Å². The van der Waals surface area contributed by atoms with E-state index in [1.54, 1.807) is 45.0 Å². The van der Waals surface area contributed by atoms with Crippen molar-refractivity contribution in [1.82, 2.24) is 15.5 Å². The third-order valence-corrected chi connectivity index (χ3v) is 13.7. The number of nitro benzene ring substituents is 1. The van der Waals surface area contributed by atoms with Gasteiger partial charge in [-0.1, -0.05) is 83.6 Å². The van der Waals surface area contributed by atoms with Crippen LogP contribution in [0, 0.1) is 39.2 Å². The number of carboxylic acid groups (broad SMARTS) is 1. The number of methoxy groups -OCH3 is 1. The Morgan fingerprint density at radius 3 is 2.10 bits per heavy atom. The number of ether oxygens (including phenoxy) is 2. The van der Waals surface area contributed by atoms with E-state index < -0.39 is 111 Å². The Morgan fingerprint density at radius 1 is 0.884 bits per heavy atom.